The van der Waals surface area contributed by atoms with Crippen molar-refractivity contribution in [3.63, 3.8) is 0 Å². The lowest BCUT2D eigenvalue weighted by Crippen LogP contribution is -2.06. The quantitative estimate of drug-likeness (QED) is 0.542. The van der Waals surface area contributed by atoms with E-state index in [0.717, 1.165) is 12.8 Å². The Morgan fingerprint density at radius 2 is 1.36 bits per heavy atom. The predicted octanol–water partition coefficient (Wildman–Crippen LogP) is 3.47. The maximum Gasteiger partial charge on any atom is 0.206 e. The lowest BCUT2D eigenvalue weighted by Gasteiger charge is -2.11. The van der Waals surface area contributed by atoms with Gasteiger partial charge in [-0.2, -0.15) is 0 Å². The van der Waals surface area contributed by atoms with Gasteiger partial charge in [-0.05, 0) is 75.2 Å². The molecule has 0 spiro atoms. The summed E-state index contributed by atoms with van der Waals surface area (Å²) in [6.07, 6.45) is 1.68. The SMILES string of the molecule is CC(C)Oc1ccc(S(=O)(=O)c2ccc(OCCCCOCCO)cc2)cc1. The summed E-state index contributed by atoms with van der Waals surface area (Å²) < 4.78 is 41.8. The highest BCUT2D eigenvalue weighted by Gasteiger charge is 2.17. The standard InChI is InChI=1S/C21H28O6S/c1-17(2)27-19-7-11-21(12-8-19)28(23,24)20-9-5-18(6-10-20)26-15-4-3-14-25-16-13-22/h5-12,17,22H,3-4,13-16H2,1-2H3. The van der Waals surface area contributed by atoms with Crippen LogP contribution >= 0.6 is 0 Å². The van der Waals surface area contributed by atoms with Crippen molar-refractivity contribution in [2.75, 3.05) is 26.4 Å². The fourth-order valence-corrected chi connectivity index (χ4v) is 3.74. The van der Waals surface area contributed by atoms with Crippen LogP contribution in [-0.4, -0.2) is 46.1 Å². The second-order valence-corrected chi connectivity index (χ2v) is 8.45. The van der Waals surface area contributed by atoms with Gasteiger partial charge in [0.15, 0.2) is 0 Å². The van der Waals surface area contributed by atoms with Crippen molar-refractivity contribution < 1.29 is 27.7 Å². The molecule has 7 heteroatoms. The molecule has 2 aromatic carbocycles. The summed E-state index contributed by atoms with van der Waals surface area (Å²) in [7, 11) is -3.59. The molecular formula is C21H28O6S. The number of hydrogen-bond acceptors (Lipinski definition) is 6. The fraction of sp³-hybridized carbons (Fsp3) is 0.429. The molecule has 0 aliphatic heterocycles. The van der Waals surface area contributed by atoms with E-state index in [1.54, 1.807) is 48.5 Å². The van der Waals surface area contributed by atoms with Gasteiger partial charge < -0.3 is 19.3 Å². The summed E-state index contributed by atoms with van der Waals surface area (Å²) in [5, 5.41) is 8.62. The molecule has 0 heterocycles. The third kappa shape index (κ3) is 6.82. The van der Waals surface area contributed by atoms with Crippen LogP contribution in [0.3, 0.4) is 0 Å². The van der Waals surface area contributed by atoms with Crippen LogP contribution in [0.2, 0.25) is 0 Å². The largest absolute Gasteiger partial charge is 0.494 e. The third-order valence-corrected chi connectivity index (χ3v) is 5.61. The second kappa shape index (κ2) is 11.0. The Bertz CT molecular complexity index is 798. The fourth-order valence-electron chi connectivity index (χ4n) is 2.48. The highest BCUT2D eigenvalue weighted by molar-refractivity contribution is 7.91. The monoisotopic (exact) mass is 408 g/mol. The van der Waals surface area contributed by atoms with E-state index < -0.39 is 9.84 Å². The average molecular weight is 409 g/mol. The zero-order chi connectivity index (χ0) is 20.4. The van der Waals surface area contributed by atoms with Crippen molar-refractivity contribution in [2.45, 2.75) is 42.6 Å². The summed E-state index contributed by atoms with van der Waals surface area (Å²) in [6, 6.07) is 12.8. The average Bonchev–Trinajstić information content (AvgIpc) is 2.67. The molecule has 0 aliphatic carbocycles. The first-order valence-corrected chi connectivity index (χ1v) is 10.8. The van der Waals surface area contributed by atoms with E-state index in [2.05, 4.69) is 0 Å². The summed E-state index contributed by atoms with van der Waals surface area (Å²) >= 11 is 0. The molecule has 0 bridgehead atoms. The molecule has 28 heavy (non-hydrogen) atoms. The van der Waals surface area contributed by atoms with Gasteiger partial charge in [-0.1, -0.05) is 0 Å². The molecular weight excluding hydrogens is 380 g/mol. The zero-order valence-electron chi connectivity index (χ0n) is 16.3. The number of aliphatic hydroxyl groups excluding tert-OH is 1. The molecule has 0 aliphatic rings. The van der Waals surface area contributed by atoms with Crippen LogP contribution in [0.15, 0.2) is 58.3 Å². The summed E-state index contributed by atoms with van der Waals surface area (Å²) in [4.78, 5) is 0.440. The van der Waals surface area contributed by atoms with Gasteiger partial charge in [0.25, 0.3) is 0 Å². The highest BCUT2D eigenvalue weighted by Crippen LogP contribution is 2.25. The first-order chi connectivity index (χ1) is 13.4. The lowest BCUT2D eigenvalue weighted by atomic mass is 10.3. The van der Waals surface area contributed by atoms with E-state index >= 15 is 0 Å². The number of sulfone groups is 1. The van der Waals surface area contributed by atoms with Crippen LogP contribution in [0.25, 0.3) is 0 Å². The van der Waals surface area contributed by atoms with Gasteiger partial charge in [0.1, 0.15) is 11.5 Å². The maximum atomic E-state index is 12.8. The van der Waals surface area contributed by atoms with E-state index in [1.807, 2.05) is 13.8 Å². The molecule has 0 radical (unpaired) electrons. The number of unbranched alkanes of at least 4 members (excludes halogenated alkanes) is 1. The van der Waals surface area contributed by atoms with Gasteiger partial charge in [0.2, 0.25) is 9.84 Å². The van der Waals surface area contributed by atoms with Crippen molar-refractivity contribution >= 4 is 9.84 Å². The second-order valence-electron chi connectivity index (χ2n) is 6.50. The number of aliphatic hydroxyl groups is 1. The van der Waals surface area contributed by atoms with Crippen molar-refractivity contribution in [3.05, 3.63) is 48.5 Å². The van der Waals surface area contributed by atoms with E-state index in [0.29, 0.717) is 31.3 Å². The summed E-state index contributed by atoms with van der Waals surface area (Å²) in [6.45, 7) is 5.32. The molecule has 6 nitrogen and oxygen atoms in total. The Kier molecular flexibility index (Phi) is 8.76. The minimum Gasteiger partial charge on any atom is -0.494 e. The van der Waals surface area contributed by atoms with Gasteiger partial charge >= 0.3 is 0 Å². The number of benzene rings is 2. The third-order valence-electron chi connectivity index (χ3n) is 3.83. The molecule has 0 unspecified atom stereocenters. The minimum atomic E-state index is -3.59. The van der Waals surface area contributed by atoms with Crippen molar-refractivity contribution in [3.8, 4) is 11.5 Å². The Balaban J connectivity index is 1.90. The normalized spacial score (nSPS) is 11.6. The Hall–Kier alpha value is -2.09. The number of ether oxygens (including phenoxy) is 3. The van der Waals surface area contributed by atoms with Crippen LogP contribution in [0, 0.1) is 0 Å². The molecule has 1 N–H and O–H groups in total. The van der Waals surface area contributed by atoms with Crippen LogP contribution in [0.4, 0.5) is 0 Å². The van der Waals surface area contributed by atoms with Crippen molar-refractivity contribution in [1.29, 1.82) is 0 Å². The Labute approximate surface area is 167 Å². The number of rotatable bonds is 12. The first-order valence-electron chi connectivity index (χ1n) is 9.37. The molecule has 2 aromatic rings. The predicted molar refractivity (Wildman–Crippen MR) is 107 cm³/mol. The molecule has 2 rings (SSSR count). The number of hydrogen-bond donors (Lipinski definition) is 1. The van der Waals surface area contributed by atoms with Crippen LogP contribution < -0.4 is 9.47 Å². The summed E-state index contributed by atoms with van der Waals surface area (Å²) in [5.74, 6) is 1.26. The van der Waals surface area contributed by atoms with Crippen LogP contribution in [0.5, 0.6) is 11.5 Å². The van der Waals surface area contributed by atoms with Crippen LogP contribution in [0.1, 0.15) is 26.7 Å². The topological polar surface area (TPSA) is 82.1 Å². The maximum absolute atomic E-state index is 12.8. The van der Waals surface area contributed by atoms with Gasteiger partial charge in [-0.15, -0.1) is 0 Å². The molecule has 154 valence electrons. The molecule has 0 saturated carbocycles. The van der Waals surface area contributed by atoms with E-state index in [1.165, 1.54) is 0 Å². The summed E-state index contributed by atoms with van der Waals surface area (Å²) in [5.41, 5.74) is 0. The van der Waals surface area contributed by atoms with E-state index in [9.17, 15) is 8.42 Å². The lowest BCUT2D eigenvalue weighted by molar-refractivity contribution is 0.0878. The first kappa shape index (κ1) is 22.2. The van der Waals surface area contributed by atoms with Gasteiger partial charge in [0, 0.05) is 6.61 Å². The molecule has 0 amide bonds. The Morgan fingerprint density at radius 1 is 0.821 bits per heavy atom. The van der Waals surface area contributed by atoms with E-state index in [4.69, 9.17) is 19.3 Å². The van der Waals surface area contributed by atoms with Crippen LogP contribution in [-0.2, 0) is 14.6 Å². The molecule has 0 aromatic heterocycles. The minimum absolute atomic E-state index is 0.0294. The van der Waals surface area contributed by atoms with Gasteiger partial charge in [-0.25, -0.2) is 8.42 Å². The smallest absolute Gasteiger partial charge is 0.206 e. The highest BCUT2D eigenvalue weighted by atomic mass is 32.2. The zero-order valence-corrected chi connectivity index (χ0v) is 17.2. The van der Waals surface area contributed by atoms with Crippen molar-refractivity contribution in [1.82, 2.24) is 0 Å². The van der Waals surface area contributed by atoms with Gasteiger partial charge in [0.05, 0.1) is 35.7 Å². The molecule has 0 saturated heterocycles. The molecule has 0 fully saturated rings. The Morgan fingerprint density at radius 3 is 1.89 bits per heavy atom. The van der Waals surface area contributed by atoms with Crippen molar-refractivity contribution in [2.24, 2.45) is 0 Å². The van der Waals surface area contributed by atoms with Gasteiger partial charge in [-0.3, -0.25) is 0 Å². The molecule has 0 atom stereocenters. The van der Waals surface area contributed by atoms with E-state index in [-0.39, 0.29) is 22.5 Å².